The van der Waals surface area contributed by atoms with Gasteiger partial charge in [-0.25, -0.2) is 8.42 Å². The lowest BCUT2D eigenvalue weighted by Gasteiger charge is -2.25. The van der Waals surface area contributed by atoms with Crippen LogP contribution >= 0.6 is 34.5 Å². The number of rotatable bonds is 2. The van der Waals surface area contributed by atoms with E-state index in [4.69, 9.17) is 23.2 Å². The van der Waals surface area contributed by atoms with E-state index < -0.39 is 10.0 Å². The minimum atomic E-state index is -3.39. The van der Waals surface area contributed by atoms with Gasteiger partial charge in [-0.15, -0.1) is 11.3 Å². The molecule has 22 heavy (non-hydrogen) atoms. The minimum Gasteiger partial charge on any atom is -0.278 e. The van der Waals surface area contributed by atoms with Gasteiger partial charge in [-0.2, -0.15) is 5.10 Å². The van der Waals surface area contributed by atoms with E-state index in [1.165, 1.54) is 15.6 Å². The topological polar surface area (TPSA) is 61.8 Å². The minimum absolute atomic E-state index is 0.147. The molecule has 0 bridgehead atoms. The first-order chi connectivity index (χ1) is 10.4. The molecule has 0 saturated carbocycles. The number of hydrogen-bond donors (Lipinski definition) is 1. The fraction of sp³-hybridized carbons (Fsp3) is 0.154. The van der Waals surface area contributed by atoms with Crippen molar-refractivity contribution in [3.05, 3.63) is 44.6 Å². The third-order valence-corrected chi connectivity index (χ3v) is 6.58. The number of halogens is 2. The maximum Gasteiger partial charge on any atom is 0.240 e. The van der Waals surface area contributed by atoms with Crippen LogP contribution in [0.25, 0.3) is 0 Å². The van der Waals surface area contributed by atoms with Crippen LogP contribution in [0.4, 0.5) is 11.4 Å². The third-order valence-electron chi connectivity index (χ3n) is 3.22. The van der Waals surface area contributed by atoms with Crippen molar-refractivity contribution >= 4 is 61.6 Å². The summed E-state index contributed by atoms with van der Waals surface area (Å²) in [6.07, 6.45) is 0. The summed E-state index contributed by atoms with van der Waals surface area (Å²) < 4.78 is 25.6. The Kier molecular flexibility index (Phi) is 4.07. The Hall–Kier alpha value is -1.28. The smallest absolute Gasteiger partial charge is 0.240 e. The Balaban J connectivity index is 1.94. The summed E-state index contributed by atoms with van der Waals surface area (Å²) in [4.78, 5) is 0.838. The number of thiophene rings is 1. The molecule has 116 valence electrons. The lowest BCUT2D eigenvalue weighted by molar-refractivity contribution is 0.597. The van der Waals surface area contributed by atoms with Gasteiger partial charge in [0, 0.05) is 7.05 Å². The SMILES string of the molecule is CN1c2ccsc2/C(=N/Nc2ccc(Cl)c(Cl)c2)CS1(=O)=O. The van der Waals surface area contributed by atoms with E-state index in [-0.39, 0.29) is 5.75 Å². The van der Waals surface area contributed by atoms with Crippen LogP contribution < -0.4 is 9.73 Å². The average Bonchev–Trinajstić information content (AvgIpc) is 2.94. The molecular formula is C13H11Cl2N3O2S2. The van der Waals surface area contributed by atoms with Gasteiger partial charge in [0.1, 0.15) is 5.75 Å². The number of benzene rings is 1. The zero-order valence-electron chi connectivity index (χ0n) is 11.4. The highest BCUT2D eigenvalue weighted by Crippen LogP contribution is 2.33. The van der Waals surface area contributed by atoms with Crippen molar-refractivity contribution in [3.8, 4) is 0 Å². The van der Waals surface area contributed by atoms with Gasteiger partial charge in [-0.3, -0.25) is 9.73 Å². The number of nitrogens with zero attached hydrogens (tertiary/aromatic N) is 2. The highest BCUT2D eigenvalue weighted by atomic mass is 35.5. The Morgan fingerprint density at radius 2 is 2.05 bits per heavy atom. The van der Waals surface area contributed by atoms with Gasteiger partial charge < -0.3 is 0 Å². The number of hydrazone groups is 1. The first-order valence-corrected chi connectivity index (χ1v) is 9.45. The Morgan fingerprint density at radius 1 is 1.27 bits per heavy atom. The molecule has 1 aliphatic heterocycles. The summed E-state index contributed by atoms with van der Waals surface area (Å²) >= 11 is 13.3. The normalized spacial score (nSPS) is 18.3. The molecule has 2 aromatic rings. The number of sulfonamides is 1. The molecule has 1 N–H and O–H groups in total. The largest absolute Gasteiger partial charge is 0.278 e. The van der Waals surface area contributed by atoms with E-state index in [0.717, 1.165) is 4.88 Å². The van der Waals surface area contributed by atoms with Gasteiger partial charge in [-0.05, 0) is 29.6 Å². The van der Waals surface area contributed by atoms with Crippen LogP contribution in [-0.4, -0.2) is 26.9 Å². The van der Waals surface area contributed by atoms with Crippen molar-refractivity contribution < 1.29 is 8.42 Å². The molecule has 1 aromatic heterocycles. The van der Waals surface area contributed by atoms with Crippen molar-refractivity contribution in [2.45, 2.75) is 0 Å². The van der Waals surface area contributed by atoms with Crippen LogP contribution in [0.5, 0.6) is 0 Å². The maximum atomic E-state index is 12.1. The molecular weight excluding hydrogens is 365 g/mol. The zero-order valence-corrected chi connectivity index (χ0v) is 14.5. The highest BCUT2D eigenvalue weighted by molar-refractivity contribution is 7.93. The molecule has 0 saturated heterocycles. The van der Waals surface area contributed by atoms with Gasteiger partial charge >= 0.3 is 0 Å². The predicted molar refractivity (Wildman–Crippen MR) is 93.1 cm³/mol. The quantitative estimate of drug-likeness (QED) is 0.814. The first kappa shape index (κ1) is 15.6. The second-order valence-corrected chi connectivity index (χ2v) is 8.39. The maximum absolute atomic E-state index is 12.1. The average molecular weight is 376 g/mol. The van der Waals surface area contributed by atoms with Crippen molar-refractivity contribution in [2.24, 2.45) is 5.10 Å². The zero-order chi connectivity index (χ0) is 15.9. The van der Waals surface area contributed by atoms with Crippen molar-refractivity contribution in [1.82, 2.24) is 0 Å². The van der Waals surface area contributed by atoms with E-state index in [1.807, 2.05) is 5.38 Å². The molecule has 1 aromatic carbocycles. The van der Waals surface area contributed by atoms with Crippen molar-refractivity contribution in [2.75, 3.05) is 22.5 Å². The molecule has 0 fully saturated rings. The van der Waals surface area contributed by atoms with E-state index in [1.54, 1.807) is 31.3 Å². The summed E-state index contributed by atoms with van der Waals surface area (Å²) in [7, 11) is -1.85. The molecule has 1 aliphatic rings. The number of anilines is 2. The van der Waals surface area contributed by atoms with E-state index >= 15 is 0 Å². The fourth-order valence-electron chi connectivity index (χ4n) is 2.03. The molecule has 0 radical (unpaired) electrons. The second kappa shape index (κ2) is 5.73. The van der Waals surface area contributed by atoms with Crippen molar-refractivity contribution in [3.63, 3.8) is 0 Å². The molecule has 0 spiro atoms. The molecule has 5 nitrogen and oxygen atoms in total. The van der Waals surface area contributed by atoms with Gasteiger partial charge in [0.25, 0.3) is 0 Å². The molecule has 0 amide bonds. The van der Waals surface area contributed by atoms with Crippen LogP contribution in [0, 0.1) is 0 Å². The Bertz CT molecular complexity index is 862. The summed E-state index contributed by atoms with van der Waals surface area (Å²) in [5.41, 5.74) is 4.59. The lowest BCUT2D eigenvalue weighted by Crippen LogP contribution is -2.37. The Morgan fingerprint density at radius 3 is 2.77 bits per heavy atom. The van der Waals surface area contributed by atoms with Gasteiger partial charge in [0.2, 0.25) is 10.0 Å². The molecule has 3 rings (SSSR count). The van der Waals surface area contributed by atoms with Crippen molar-refractivity contribution in [1.29, 1.82) is 0 Å². The molecule has 0 unspecified atom stereocenters. The third kappa shape index (κ3) is 2.81. The monoisotopic (exact) mass is 375 g/mol. The standard InChI is InChI=1S/C13H11Cl2N3O2S2/c1-18-12-4-5-21-13(12)11(7-22(18,19)20)17-16-8-2-3-9(14)10(15)6-8/h2-6,16H,7H2,1H3/b17-11+. The van der Waals surface area contributed by atoms with Gasteiger partial charge in [0.05, 0.1) is 32.0 Å². The summed E-state index contributed by atoms with van der Waals surface area (Å²) in [5, 5.41) is 6.93. The number of nitrogens with one attached hydrogen (secondary N) is 1. The second-order valence-electron chi connectivity index (χ2n) is 4.66. The molecule has 0 atom stereocenters. The summed E-state index contributed by atoms with van der Waals surface area (Å²) in [5.74, 6) is -0.147. The van der Waals surface area contributed by atoms with Crippen LogP contribution in [0.3, 0.4) is 0 Å². The lowest BCUT2D eigenvalue weighted by atomic mass is 10.3. The van der Waals surface area contributed by atoms with Crippen LogP contribution in [0.15, 0.2) is 34.7 Å². The van der Waals surface area contributed by atoms with Gasteiger partial charge in [-0.1, -0.05) is 23.2 Å². The summed E-state index contributed by atoms with van der Waals surface area (Å²) in [6, 6.07) is 6.77. The first-order valence-electron chi connectivity index (χ1n) is 6.20. The molecule has 0 aliphatic carbocycles. The fourth-order valence-corrected chi connectivity index (χ4v) is 4.59. The Labute approximate surface area is 142 Å². The van der Waals surface area contributed by atoms with Gasteiger partial charge in [0.15, 0.2) is 0 Å². The number of hydrogen-bond acceptors (Lipinski definition) is 5. The molecule has 2 heterocycles. The van der Waals surface area contributed by atoms with E-state index in [0.29, 0.717) is 27.1 Å². The molecule has 9 heteroatoms. The number of fused-ring (bicyclic) bond motifs is 1. The van der Waals surface area contributed by atoms with Crippen LogP contribution in [0.2, 0.25) is 10.0 Å². The highest BCUT2D eigenvalue weighted by Gasteiger charge is 2.32. The van der Waals surface area contributed by atoms with E-state index in [9.17, 15) is 8.42 Å². The van der Waals surface area contributed by atoms with Crippen LogP contribution in [0.1, 0.15) is 4.88 Å². The van der Waals surface area contributed by atoms with E-state index in [2.05, 4.69) is 10.5 Å². The van der Waals surface area contributed by atoms with Crippen LogP contribution in [-0.2, 0) is 10.0 Å². The summed E-state index contributed by atoms with van der Waals surface area (Å²) in [6.45, 7) is 0. The predicted octanol–water partition coefficient (Wildman–Crippen LogP) is 3.65.